The van der Waals surface area contributed by atoms with E-state index >= 15 is 0 Å². The van der Waals surface area contributed by atoms with Crippen LogP contribution in [0.4, 0.5) is 8.78 Å². The number of ether oxygens (including phenoxy) is 2. The van der Waals surface area contributed by atoms with Gasteiger partial charge in [-0.2, -0.15) is 0 Å². The summed E-state index contributed by atoms with van der Waals surface area (Å²) in [5.74, 6) is 0.775. The van der Waals surface area contributed by atoms with Crippen LogP contribution in [0.2, 0.25) is 0 Å². The Labute approximate surface area is 156 Å². The predicted molar refractivity (Wildman–Crippen MR) is 94.9 cm³/mol. The molecule has 0 radical (unpaired) electrons. The van der Waals surface area contributed by atoms with Crippen molar-refractivity contribution >= 4 is 5.91 Å². The first-order valence-corrected chi connectivity index (χ1v) is 8.70. The summed E-state index contributed by atoms with van der Waals surface area (Å²) in [6.07, 6.45) is -2.14. The minimum Gasteiger partial charge on any atom is -0.489 e. The standard InChI is InChI=1S/C20H21F2NO4/c21-20(22)15-2-1-3-17(10-15)27-18-8-9-23(11-18)19(25)13-26-16-6-4-14(12-24)5-7-16/h1-7,10,18,20,24H,8-9,11-13H2. The number of halogens is 2. The SMILES string of the molecule is O=C(COc1ccc(CO)cc1)N1CCC(Oc2cccc(C(F)F)c2)C1. The second kappa shape index (κ2) is 8.81. The van der Waals surface area contributed by atoms with Crippen molar-refractivity contribution < 1.29 is 28.2 Å². The van der Waals surface area contributed by atoms with Crippen LogP contribution in [0.25, 0.3) is 0 Å². The van der Waals surface area contributed by atoms with Crippen molar-refractivity contribution in [2.45, 2.75) is 25.6 Å². The van der Waals surface area contributed by atoms with Crippen LogP contribution in [0.1, 0.15) is 24.0 Å². The molecule has 144 valence electrons. The van der Waals surface area contributed by atoms with Gasteiger partial charge in [-0.3, -0.25) is 4.79 Å². The monoisotopic (exact) mass is 377 g/mol. The first-order valence-electron chi connectivity index (χ1n) is 8.70. The molecule has 1 unspecified atom stereocenters. The van der Waals surface area contributed by atoms with E-state index < -0.39 is 6.43 Å². The van der Waals surface area contributed by atoms with Crippen LogP contribution in [0.3, 0.4) is 0 Å². The molecule has 2 aromatic rings. The molecule has 1 fully saturated rings. The number of carbonyl (C=O) groups is 1. The van der Waals surface area contributed by atoms with Crippen molar-refractivity contribution in [3.05, 3.63) is 59.7 Å². The third-order valence-electron chi connectivity index (χ3n) is 4.38. The molecule has 7 heteroatoms. The van der Waals surface area contributed by atoms with Gasteiger partial charge in [0.15, 0.2) is 6.61 Å². The number of rotatable bonds is 7. The number of amides is 1. The number of likely N-dealkylation sites (tertiary alicyclic amines) is 1. The second-order valence-corrected chi connectivity index (χ2v) is 6.33. The lowest BCUT2D eigenvalue weighted by Gasteiger charge is -2.18. The largest absolute Gasteiger partial charge is 0.489 e. The van der Waals surface area contributed by atoms with Crippen LogP contribution in [0.15, 0.2) is 48.5 Å². The summed E-state index contributed by atoms with van der Waals surface area (Å²) in [5.41, 5.74) is 0.683. The van der Waals surface area contributed by atoms with Crippen molar-refractivity contribution in [3.8, 4) is 11.5 Å². The van der Waals surface area contributed by atoms with E-state index in [4.69, 9.17) is 14.6 Å². The highest BCUT2D eigenvalue weighted by Gasteiger charge is 2.28. The third-order valence-corrected chi connectivity index (χ3v) is 4.38. The average Bonchev–Trinajstić information content (AvgIpc) is 3.15. The topological polar surface area (TPSA) is 59.0 Å². The first-order chi connectivity index (χ1) is 13.0. The molecule has 1 aliphatic heterocycles. The first kappa shape index (κ1) is 19.1. The molecule has 0 bridgehead atoms. The molecule has 0 spiro atoms. The average molecular weight is 377 g/mol. The van der Waals surface area contributed by atoms with Gasteiger partial charge in [0.2, 0.25) is 0 Å². The smallest absolute Gasteiger partial charge is 0.263 e. The molecule has 1 atom stereocenters. The summed E-state index contributed by atoms with van der Waals surface area (Å²) in [6.45, 7) is 0.788. The summed E-state index contributed by atoms with van der Waals surface area (Å²) < 4.78 is 36.7. The number of hydrogen-bond donors (Lipinski definition) is 1. The van der Waals surface area contributed by atoms with Crippen LogP contribution >= 0.6 is 0 Å². The maximum atomic E-state index is 12.8. The van der Waals surface area contributed by atoms with E-state index in [2.05, 4.69) is 0 Å². The fourth-order valence-corrected chi connectivity index (χ4v) is 2.89. The molecule has 0 aliphatic carbocycles. The van der Waals surface area contributed by atoms with Crippen molar-refractivity contribution in [1.29, 1.82) is 0 Å². The van der Waals surface area contributed by atoms with Crippen LogP contribution in [-0.2, 0) is 11.4 Å². The van der Waals surface area contributed by atoms with Crippen molar-refractivity contribution in [1.82, 2.24) is 4.90 Å². The van der Waals surface area contributed by atoms with Crippen molar-refractivity contribution in [3.63, 3.8) is 0 Å². The van der Waals surface area contributed by atoms with E-state index in [-0.39, 0.29) is 30.8 Å². The van der Waals surface area contributed by atoms with E-state index in [9.17, 15) is 13.6 Å². The molecule has 0 saturated carbocycles. The zero-order chi connectivity index (χ0) is 19.2. The van der Waals surface area contributed by atoms with E-state index in [1.165, 1.54) is 18.2 Å². The Balaban J connectivity index is 1.48. The number of carbonyl (C=O) groups excluding carboxylic acids is 1. The van der Waals surface area contributed by atoms with E-state index in [1.54, 1.807) is 35.2 Å². The van der Waals surface area contributed by atoms with Gasteiger partial charge in [0.05, 0.1) is 13.2 Å². The predicted octanol–water partition coefficient (Wildman–Crippen LogP) is 3.18. The Morgan fingerprint density at radius 1 is 1.19 bits per heavy atom. The van der Waals surface area contributed by atoms with Crippen molar-refractivity contribution in [2.75, 3.05) is 19.7 Å². The molecule has 2 aromatic carbocycles. The summed E-state index contributed by atoms with van der Waals surface area (Å²) in [5, 5.41) is 9.01. The quantitative estimate of drug-likeness (QED) is 0.805. The summed E-state index contributed by atoms with van der Waals surface area (Å²) in [6, 6.07) is 12.7. The molecule has 3 rings (SSSR count). The van der Waals surface area contributed by atoms with Crippen LogP contribution < -0.4 is 9.47 Å². The number of aliphatic hydroxyl groups is 1. The maximum Gasteiger partial charge on any atom is 0.263 e. The van der Waals surface area contributed by atoms with Gasteiger partial charge in [0.25, 0.3) is 12.3 Å². The minimum atomic E-state index is -2.54. The summed E-state index contributed by atoms with van der Waals surface area (Å²) >= 11 is 0. The Kier molecular flexibility index (Phi) is 6.24. The third kappa shape index (κ3) is 5.17. The lowest BCUT2D eigenvalue weighted by molar-refractivity contribution is -0.132. The molecule has 5 nitrogen and oxygen atoms in total. The molecule has 1 aliphatic rings. The van der Waals surface area contributed by atoms with Crippen LogP contribution in [0, 0.1) is 0 Å². The number of aliphatic hydroxyl groups excluding tert-OH is 1. The number of benzene rings is 2. The number of alkyl halides is 2. The Hall–Kier alpha value is -2.67. The fourth-order valence-electron chi connectivity index (χ4n) is 2.89. The zero-order valence-corrected chi connectivity index (χ0v) is 14.7. The maximum absolute atomic E-state index is 12.8. The molecule has 27 heavy (non-hydrogen) atoms. The molecule has 1 saturated heterocycles. The molecule has 1 amide bonds. The highest BCUT2D eigenvalue weighted by atomic mass is 19.3. The van der Waals surface area contributed by atoms with Gasteiger partial charge in [-0.25, -0.2) is 8.78 Å². The lowest BCUT2D eigenvalue weighted by Crippen LogP contribution is -2.34. The van der Waals surface area contributed by atoms with Crippen LogP contribution in [0.5, 0.6) is 11.5 Å². The molecule has 0 aromatic heterocycles. The highest BCUT2D eigenvalue weighted by molar-refractivity contribution is 5.78. The molecule has 1 N–H and O–H groups in total. The van der Waals surface area contributed by atoms with Gasteiger partial charge in [-0.15, -0.1) is 0 Å². The zero-order valence-electron chi connectivity index (χ0n) is 14.7. The van der Waals surface area contributed by atoms with Crippen molar-refractivity contribution in [2.24, 2.45) is 0 Å². The van der Waals surface area contributed by atoms with Gasteiger partial charge < -0.3 is 19.5 Å². The molecular formula is C20H21F2NO4. The highest BCUT2D eigenvalue weighted by Crippen LogP contribution is 2.25. The van der Waals surface area contributed by atoms with Crippen LogP contribution in [-0.4, -0.2) is 41.7 Å². The lowest BCUT2D eigenvalue weighted by atomic mass is 10.2. The van der Waals surface area contributed by atoms with Gasteiger partial charge in [0, 0.05) is 18.5 Å². The molecular weight excluding hydrogens is 356 g/mol. The summed E-state index contributed by atoms with van der Waals surface area (Å²) in [7, 11) is 0. The summed E-state index contributed by atoms with van der Waals surface area (Å²) in [4.78, 5) is 13.9. The van der Waals surface area contributed by atoms with E-state index in [0.717, 1.165) is 5.56 Å². The number of nitrogens with zero attached hydrogens (tertiary/aromatic N) is 1. The second-order valence-electron chi connectivity index (χ2n) is 6.33. The van der Waals surface area contributed by atoms with Gasteiger partial charge in [0.1, 0.15) is 17.6 Å². The fraction of sp³-hybridized carbons (Fsp3) is 0.350. The Bertz CT molecular complexity index is 767. The van der Waals surface area contributed by atoms with E-state index in [1.807, 2.05) is 0 Å². The Morgan fingerprint density at radius 2 is 1.96 bits per heavy atom. The van der Waals surface area contributed by atoms with Gasteiger partial charge >= 0.3 is 0 Å². The Morgan fingerprint density at radius 3 is 2.67 bits per heavy atom. The van der Waals surface area contributed by atoms with E-state index in [0.29, 0.717) is 31.0 Å². The normalized spacial score (nSPS) is 16.6. The minimum absolute atomic E-state index is 0.0470. The van der Waals surface area contributed by atoms with Gasteiger partial charge in [-0.05, 0) is 29.8 Å². The van der Waals surface area contributed by atoms with Gasteiger partial charge in [-0.1, -0.05) is 24.3 Å². The number of hydrogen-bond acceptors (Lipinski definition) is 4. The molecule has 1 heterocycles.